The molecular weight excluding hydrogens is 275 g/mol. The van der Waals surface area contributed by atoms with Crippen molar-refractivity contribution in [3.05, 3.63) is 66.0 Å². The van der Waals surface area contributed by atoms with E-state index < -0.39 is 23.4 Å². The number of hydrogen-bond acceptors (Lipinski definition) is 0. The average Bonchev–Trinajstić information content (AvgIpc) is 2.46. The summed E-state index contributed by atoms with van der Waals surface area (Å²) in [6, 6.07) is 14.1. The van der Waals surface area contributed by atoms with Crippen LogP contribution in [0.2, 0.25) is 0 Å². The van der Waals surface area contributed by atoms with Crippen LogP contribution >= 0.6 is 0 Å². The SMILES string of the molecule is F/C(=C(/F)C(F)(F)F)c1ccc(-c2ccccc2)cc1. The molecule has 0 heterocycles. The molecule has 0 amide bonds. The summed E-state index contributed by atoms with van der Waals surface area (Å²) in [4.78, 5) is 0. The number of hydrogen-bond donors (Lipinski definition) is 0. The van der Waals surface area contributed by atoms with Crippen molar-refractivity contribution in [1.82, 2.24) is 0 Å². The molecule has 2 aromatic carbocycles. The first kappa shape index (κ1) is 14.2. The monoisotopic (exact) mass is 284 g/mol. The maximum atomic E-state index is 13.3. The second kappa shape index (κ2) is 5.45. The van der Waals surface area contributed by atoms with Crippen molar-refractivity contribution in [1.29, 1.82) is 0 Å². The van der Waals surface area contributed by atoms with E-state index in [1.54, 1.807) is 24.3 Å². The molecule has 0 aliphatic heterocycles. The quantitative estimate of drug-likeness (QED) is 0.637. The van der Waals surface area contributed by atoms with Crippen LogP contribution in [-0.2, 0) is 0 Å². The van der Waals surface area contributed by atoms with E-state index in [4.69, 9.17) is 0 Å². The highest BCUT2D eigenvalue weighted by atomic mass is 19.4. The second-order valence-corrected chi connectivity index (χ2v) is 4.07. The molecule has 5 heteroatoms. The number of alkyl halides is 3. The molecule has 20 heavy (non-hydrogen) atoms. The maximum absolute atomic E-state index is 13.3. The Hall–Kier alpha value is -2.17. The normalized spacial score (nSPS) is 13.1. The molecule has 0 fully saturated rings. The minimum Gasteiger partial charge on any atom is -0.203 e. The van der Waals surface area contributed by atoms with Gasteiger partial charge in [0.15, 0.2) is 5.83 Å². The molecule has 2 aromatic rings. The van der Waals surface area contributed by atoms with E-state index in [9.17, 15) is 22.0 Å². The summed E-state index contributed by atoms with van der Waals surface area (Å²) in [7, 11) is 0. The van der Waals surface area contributed by atoms with Crippen LogP contribution in [0.3, 0.4) is 0 Å². The summed E-state index contributed by atoms with van der Waals surface area (Å²) >= 11 is 0. The Morgan fingerprint density at radius 2 is 1.20 bits per heavy atom. The standard InChI is InChI=1S/C15H9F5/c16-13(14(17)15(18,19)20)12-8-6-11(7-9-12)10-4-2-1-3-5-10/h1-9H/b14-13+. The van der Waals surface area contributed by atoms with E-state index >= 15 is 0 Å². The first-order valence-electron chi connectivity index (χ1n) is 5.68. The first-order chi connectivity index (χ1) is 9.39. The Morgan fingerprint density at radius 3 is 1.70 bits per heavy atom. The van der Waals surface area contributed by atoms with E-state index in [2.05, 4.69) is 0 Å². The first-order valence-corrected chi connectivity index (χ1v) is 5.68. The third-order valence-electron chi connectivity index (χ3n) is 2.69. The van der Waals surface area contributed by atoms with E-state index in [1.807, 2.05) is 6.07 Å². The molecule has 0 aliphatic rings. The van der Waals surface area contributed by atoms with Crippen LogP contribution in [-0.4, -0.2) is 6.18 Å². The van der Waals surface area contributed by atoms with Gasteiger partial charge < -0.3 is 0 Å². The van der Waals surface area contributed by atoms with Crippen LogP contribution in [0.25, 0.3) is 17.0 Å². The van der Waals surface area contributed by atoms with Gasteiger partial charge in [-0.1, -0.05) is 54.6 Å². The molecule has 0 bridgehead atoms. The number of benzene rings is 2. The van der Waals surface area contributed by atoms with Crippen molar-refractivity contribution in [3.8, 4) is 11.1 Å². The second-order valence-electron chi connectivity index (χ2n) is 4.07. The van der Waals surface area contributed by atoms with Crippen LogP contribution in [0.4, 0.5) is 22.0 Å². The molecule has 104 valence electrons. The van der Waals surface area contributed by atoms with E-state index in [-0.39, 0.29) is 0 Å². The lowest BCUT2D eigenvalue weighted by Gasteiger charge is -2.06. The third kappa shape index (κ3) is 3.04. The molecule has 2 rings (SSSR count). The van der Waals surface area contributed by atoms with E-state index in [0.29, 0.717) is 5.56 Å². The van der Waals surface area contributed by atoms with Crippen molar-refractivity contribution >= 4 is 5.83 Å². The van der Waals surface area contributed by atoms with Crippen molar-refractivity contribution in [3.63, 3.8) is 0 Å². The lowest BCUT2D eigenvalue weighted by Crippen LogP contribution is -2.09. The Morgan fingerprint density at radius 1 is 0.700 bits per heavy atom. The zero-order valence-corrected chi connectivity index (χ0v) is 10.1. The predicted octanol–water partition coefficient (Wildman–Crippen LogP) is 5.52. The highest BCUT2D eigenvalue weighted by molar-refractivity contribution is 5.68. The fraction of sp³-hybridized carbons (Fsp3) is 0.0667. The fourth-order valence-electron chi connectivity index (χ4n) is 1.69. The van der Waals surface area contributed by atoms with Crippen molar-refractivity contribution in [2.75, 3.05) is 0 Å². The highest BCUT2D eigenvalue weighted by Gasteiger charge is 2.38. The molecular formula is C15H9F5. The van der Waals surface area contributed by atoms with Crippen LogP contribution in [0, 0.1) is 0 Å². The minimum atomic E-state index is -5.32. The predicted molar refractivity (Wildman–Crippen MR) is 67.1 cm³/mol. The average molecular weight is 284 g/mol. The summed E-state index contributed by atoms with van der Waals surface area (Å²) in [6.07, 6.45) is -5.32. The largest absolute Gasteiger partial charge is 0.445 e. The van der Waals surface area contributed by atoms with Gasteiger partial charge in [-0.25, -0.2) is 4.39 Å². The molecule has 0 saturated heterocycles. The maximum Gasteiger partial charge on any atom is 0.445 e. The van der Waals surface area contributed by atoms with Gasteiger partial charge in [0, 0.05) is 5.56 Å². The van der Waals surface area contributed by atoms with Crippen LogP contribution in [0.15, 0.2) is 60.4 Å². The van der Waals surface area contributed by atoms with Gasteiger partial charge in [0.2, 0.25) is 5.83 Å². The van der Waals surface area contributed by atoms with Crippen molar-refractivity contribution < 1.29 is 22.0 Å². The van der Waals surface area contributed by atoms with E-state index in [1.165, 1.54) is 12.1 Å². The van der Waals surface area contributed by atoms with Crippen molar-refractivity contribution in [2.24, 2.45) is 0 Å². The lowest BCUT2D eigenvalue weighted by molar-refractivity contribution is -0.108. The highest BCUT2D eigenvalue weighted by Crippen LogP contribution is 2.34. The van der Waals surface area contributed by atoms with Crippen LogP contribution in [0.5, 0.6) is 0 Å². The number of rotatable bonds is 2. The summed E-state index contributed by atoms with van der Waals surface area (Å²) in [6.45, 7) is 0. The number of halogens is 5. The molecule has 0 aliphatic carbocycles. The summed E-state index contributed by atoms with van der Waals surface area (Å²) in [5, 5.41) is 0. The molecule has 0 nitrogen and oxygen atoms in total. The van der Waals surface area contributed by atoms with Gasteiger partial charge in [0.05, 0.1) is 0 Å². The van der Waals surface area contributed by atoms with Gasteiger partial charge in [-0.15, -0.1) is 0 Å². The smallest absolute Gasteiger partial charge is 0.203 e. The van der Waals surface area contributed by atoms with Crippen LogP contribution < -0.4 is 0 Å². The molecule has 0 saturated carbocycles. The molecule has 0 unspecified atom stereocenters. The Labute approximate surface area is 112 Å². The van der Waals surface area contributed by atoms with Gasteiger partial charge in [0.25, 0.3) is 0 Å². The van der Waals surface area contributed by atoms with Crippen LogP contribution in [0.1, 0.15) is 5.56 Å². The molecule has 0 N–H and O–H groups in total. The van der Waals surface area contributed by atoms with Crippen molar-refractivity contribution in [2.45, 2.75) is 6.18 Å². The minimum absolute atomic E-state index is 0.445. The summed E-state index contributed by atoms with van der Waals surface area (Å²) in [5.41, 5.74) is 1.09. The Kier molecular flexibility index (Phi) is 3.88. The zero-order valence-electron chi connectivity index (χ0n) is 10.1. The number of allylic oxidation sites excluding steroid dienone is 1. The van der Waals surface area contributed by atoms with Gasteiger partial charge in [-0.2, -0.15) is 17.6 Å². The van der Waals surface area contributed by atoms with Gasteiger partial charge in [-0.05, 0) is 11.1 Å². The van der Waals surface area contributed by atoms with Gasteiger partial charge in [0.1, 0.15) is 0 Å². The van der Waals surface area contributed by atoms with Gasteiger partial charge in [-0.3, -0.25) is 0 Å². The van der Waals surface area contributed by atoms with E-state index in [0.717, 1.165) is 17.7 Å². The van der Waals surface area contributed by atoms with Gasteiger partial charge >= 0.3 is 6.18 Å². The molecule has 0 radical (unpaired) electrons. The Bertz CT molecular complexity index is 609. The molecule has 0 spiro atoms. The topological polar surface area (TPSA) is 0 Å². The third-order valence-corrected chi connectivity index (χ3v) is 2.69. The summed E-state index contributed by atoms with van der Waals surface area (Å²) < 4.78 is 62.3. The molecule has 0 aromatic heterocycles. The lowest BCUT2D eigenvalue weighted by atomic mass is 10.0. The fourth-order valence-corrected chi connectivity index (χ4v) is 1.69. The summed E-state index contributed by atoms with van der Waals surface area (Å²) in [5.74, 6) is -4.62. The Balaban J connectivity index is 2.34. The zero-order chi connectivity index (χ0) is 14.8. The molecule has 0 atom stereocenters.